The molecule has 0 amide bonds. The van der Waals surface area contributed by atoms with Gasteiger partial charge >= 0.3 is 0 Å². The van der Waals surface area contributed by atoms with Crippen molar-refractivity contribution in [2.75, 3.05) is 18.4 Å². The lowest BCUT2D eigenvalue weighted by atomic mass is 10.0. The predicted molar refractivity (Wildman–Crippen MR) is 155 cm³/mol. The van der Waals surface area contributed by atoms with Gasteiger partial charge in [0.1, 0.15) is 0 Å². The molecule has 2 N–H and O–H groups in total. The van der Waals surface area contributed by atoms with E-state index in [0.29, 0.717) is 6.04 Å². The number of hydrogen-bond acceptors (Lipinski definition) is 4. The summed E-state index contributed by atoms with van der Waals surface area (Å²) < 4.78 is 0. The summed E-state index contributed by atoms with van der Waals surface area (Å²) in [7, 11) is 0. The number of thiophene rings is 1. The molecule has 0 radical (unpaired) electrons. The molecular formula is C31H37N3S. The molecule has 0 bridgehead atoms. The van der Waals surface area contributed by atoms with Crippen molar-refractivity contribution in [3.63, 3.8) is 0 Å². The number of likely N-dealkylation sites (tertiary alicyclic amines) is 1. The molecule has 4 heteroatoms. The van der Waals surface area contributed by atoms with Gasteiger partial charge in [-0.3, -0.25) is 0 Å². The van der Waals surface area contributed by atoms with Crippen molar-refractivity contribution in [3.05, 3.63) is 95.8 Å². The quantitative estimate of drug-likeness (QED) is 0.282. The predicted octanol–water partition coefficient (Wildman–Crippen LogP) is 7.73. The Kier molecular flexibility index (Phi) is 9.23. The van der Waals surface area contributed by atoms with Crippen molar-refractivity contribution in [1.82, 2.24) is 10.2 Å². The Morgan fingerprint density at radius 1 is 1.20 bits per heavy atom. The molecule has 1 unspecified atom stereocenters. The van der Waals surface area contributed by atoms with Crippen LogP contribution in [0.4, 0.5) is 5.69 Å². The fourth-order valence-corrected chi connectivity index (χ4v) is 5.45. The number of benzene rings is 1. The molecule has 1 aromatic heterocycles. The SMILES string of the molecule is C=C(C#CC)NC1CCCN(C(/C=C\C)=C/C(=C)Nc2ccc(-c3cc(C(=C)C)c(C)s3)cc2)C1. The summed E-state index contributed by atoms with van der Waals surface area (Å²) in [4.78, 5) is 4.98. The van der Waals surface area contributed by atoms with E-state index in [0.717, 1.165) is 54.3 Å². The van der Waals surface area contributed by atoms with Crippen molar-refractivity contribution in [1.29, 1.82) is 0 Å². The lowest BCUT2D eigenvalue weighted by Gasteiger charge is -2.36. The summed E-state index contributed by atoms with van der Waals surface area (Å²) >= 11 is 1.81. The fourth-order valence-electron chi connectivity index (χ4n) is 4.34. The molecule has 1 fully saturated rings. The molecule has 3 nitrogen and oxygen atoms in total. The number of rotatable bonds is 9. The van der Waals surface area contributed by atoms with Gasteiger partial charge in [-0.25, -0.2) is 0 Å². The van der Waals surface area contributed by atoms with E-state index in [1.54, 1.807) is 0 Å². The highest BCUT2D eigenvalue weighted by molar-refractivity contribution is 7.15. The van der Waals surface area contributed by atoms with Gasteiger partial charge in [0.25, 0.3) is 0 Å². The van der Waals surface area contributed by atoms with E-state index in [1.807, 2.05) is 25.2 Å². The van der Waals surface area contributed by atoms with E-state index in [1.165, 1.54) is 20.9 Å². The zero-order chi connectivity index (χ0) is 25.4. The molecule has 1 aromatic carbocycles. The summed E-state index contributed by atoms with van der Waals surface area (Å²) in [6, 6.07) is 11.1. The average Bonchev–Trinajstić information content (AvgIpc) is 3.21. The second kappa shape index (κ2) is 12.3. The van der Waals surface area contributed by atoms with Gasteiger partial charge in [-0.1, -0.05) is 49.8 Å². The lowest BCUT2D eigenvalue weighted by Crippen LogP contribution is -2.44. The van der Waals surface area contributed by atoms with Crippen molar-refractivity contribution in [3.8, 4) is 22.3 Å². The summed E-state index contributed by atoms with van der Waals surface area (Å²) in [5.41, 5.74) is 7.40. The third kappa shape index (κ3) is 7.28. The molecule has 1 saturated heterocycles. The highest BCUT2D eigenvalue weighted by atomic mass is 32.1. The summed E-state index contributed by atoms with van der Waals surface area (Å²) in [6.45, 7) is 22.4. The van der Waals surface area contributed by atoms with Gasteiger partial charge in [0.05, 0.1) is 5.70 Å². The Morgan fingerprint density at radius 3 is 2.57 bits per heavy atom. The van der Waals surface area contributed by atoms with Crippen molar-refractivity contribution in [2.24, 2.45) is 0 Å². The maximum absolute atomic E-state index is 4.27. The molecular weight excluding hydrogens is 446 g/mol. The van der Waals surface area contributed by atoms with Gasteiger partial charge in [-0.2, -0.15) is 0 Å². The highest BCUT2D eigenvalue weighted by Crippen LogP contribution is 2.34. The highest BCUT2D eigenvalue weighted by Gasteiger charge is 2.20. The van der Waals surface area contributed by atoms with Crippen molar-refractivity contribution < 1.29 is 0 Å². The van der Waals surface area contributed by atoms with Gasteiger partial charge in [-0.15, -0.1) is 11.3 Å². The molecule has 0 saturated carbocycles. The van der Waals surface area contributed by atoms with Crippen LogP contribution in [0.25, 0.3) is 16.0 Å². The van der Waals surface area contributed by atoms with E-state index in [-0.39, 0.29) is 0 Å². The van der Waals surface area contributed by atoms with Crippen molar-refractivity contribution >= 4 is 22.6 Å². The second-order valence-corrected chi connectivity index (χ2v) is 10.2. The number of anilines is 1. The Morgan fingerprint density at radius 2 is 1.94 bits per heavy atom. The van der Waals surface area contributed by atoms with Crippen LogP contribution in [0.3, 0.4) is 0 Å². The molecule has 1 aliphatic heterocycles. The normalized spacial score (nSPS) is 15.9. The Balaban J connectivity index is 1.68. The van der Waals surface area contributed by atoms with Gasteiger partial charge in [0, 0.05) is 46.0 Å². The molecule has 182 valence electrons. The maximum atomic E-state index is 4.27. The molecule has 2 aromatic rings. The molecule has 1 atom stereocenters. The number of hydrogen-bond donors (Lipinski definition) is 2. The first-order chi connectivity index (χ1) is 16.8. The minimum absolute atomic E-state index is 0.339. The smallest absolute Gasteiger partial charge is 0.0783 e. The topological polar surface area (TPSA) is 27.3 Å². The van der Waals surface area contributed by atoms with E-state index in [9.17, 15) is 0 Å². The van der Waals surface area contributed by atoms with Crippen LogP contribution in [0.2, 0.25) is 0 Å². The van der Waals surface area contributed by atoms with Crippen molar-refractivity contribution in [2.45, 2.75) is 46.6 Å². The van der Waals surface area contributed by atoms with E-state index in [4.69, 9.17) is 0 Å². The monoisotopic (exact) mass is 483 g/mol. The third-order valence-corrected chi connectivity index (χ3v) is 7.05. The molecule has 35 heavy (non-hydrogen) atoms. The minimum atomic E-state index is 0.339. The minimum Gasteiger partial charge on any atom is -0.374 e. The number of aryl methyl sites for hydroxylation is 1. The Labute approximate surface area is 215 Å². The number of piperidine rings is 1. The Hall–Kier alpha value is -3.42. The van der Waals surface area contributed by atoms with Crippen LogP contribution in [-0.2, 0) is 0 Å². The fraction of sp³-hybridized carbons (Fsp3) is 0.290. The first kappa shape index (κ1) is 26.2. The Bertz CT molecular complexity index is 1200. The van der Waals surface area contributed by atoms with Gasteiger partial charge in [-0.05, 0) is 87.6 Å². The van der Waals surface area contributed by atoms with Gasteiger partial charge < -0.3 is 15.5 Å². The zero-order valence-corrected chi connectivity index (χ0v) is 22.3. The first-order valence-corrected chi connectivity index (χ1v) is 12.9. The van der Waals surface area contributed by atoms with Crippen LogP contribution in [0.15, 0.2) is 85.4 Å². The largest absolute Gasteiger partial charge is 0.374 e. The van der Waals surface area contributed by atoms with E-state index >= 15 is 0 Å². The second-order valence-electron chi connectivity index (χ2n) is 8.94. The molecule has 0 aliphatic carbocycles. The third-order valence-electron chi connectivity index (χ3n) is 5.95. The maximum Gasteiger partial charge on any atom is 0.0783 e. The van der Waals surface area contributed by atoms with Gasteiger partial charge in [0.2, 0.25) is 0 Å². The van der Waals surface area contributed by atoms with Crippen LogP contribution < -0.4 is 10.6 Å². The van der Waals surface area contributed by atoms with E-state index < -0.39 is 0 Å². The van der Waals surface area contributed by atoms with E-state index in [2.05, 4.69) is 110 Å². The lowest BCUT2D eigenvalue weighted by molar-refractivity contribution is 0.249. The number of allylic oxidation sites excluding steroid dienone is 5. The standard InChI is InChI=1S/C31H37N3S/c1-8-11-23(5)32-28-13-10-18-34(21-28)29(12-9-2)19-24(6)33-27-16-14-26(15-17-27)31-20-30(22(3)4)25(7)35-31/h9,12,14-17,19-20,28,32-33H,3,5-6,10,13,18,21H2,1-2,4,7H3/b12-9-,29-19+. The summed E-state index contributed by atoms with van der Waals surface area (Å²) in [5.74, 6) is 5.92. The van der Waals surface area contributed by atoms with Crippen LogP contribution in [-0.4, -0.2) is 24.0 Å². The van der Waals surface area contributed by atoms with Crippen LogP contribution in [0, 0.1) is 18.8 Å². The van der Waals surface area contributed by atoms with Crippen LogP contribution in [0.1, 0.15) is 44.1 Å². The van der Waals surface area contributed by atoms with Crippen LogP contribution >= 0.6 is 11.3 Å². The molecule has 0 spiro atoms. The number of nitrogens with zero attached hydrogens (tertiary/aromatic N) is 1. The number of nitrogens with one attached hydrogen (secondary N) is 2. The molecule has 2 heterocycles. The van der Waals surface area contributed by atoms with Crippen LogP contribution in [0.5, 0.6) is 0 Å². The molecule has 1 aliphatic rings. The zero-order valence-electron chi connectivity index (χ0n) is 21.5. The molecule has 3 rings (SSSR count). The average molecular weight is 484 g/mol. The van der Waals surface area contributed by atoms with Gasteiger partial charge in [0.15, 0.2) is 0 Å². The summed E-state index contributed by atoms with van der Waals surface area (Å²) in [6.07, 6.45) is 8.59. The summed E-state index contributed by atoms with van der Waals surface area (Å²) in [5, 5.41) is 6.92. The first-order valence-electron chi connectivity index (χ1n) is 12.1.